The van der Waals surface area contributed by atoms with Gasteiger partial charge >= 0.3 is 0 Å². The van der Waals surface area contributed by atoms with Crippen LogP contribution in [0.3, 0.4) is 0 Å². The molecule has 0 aliphatic carbocycles. The zero-order valence-corrected chi connectivity index (χ0v) is 15.2. The molecule has 0 spiro atoms. The number of fused-ring (bicyclic) bond motifs is 1. The van der Waals surface area contributed by atoms with E-state index >= 15 is 0 Å². The van der Waals surface area contributed by atoms with Crippen LogP contribution in [0.2, 0.25) is 0 Å². The first-order chi connectivity index (χ1) is 12.7. The van der Waals surface area contributed by atoms with Crippen LogP contribution in [0.15, 0.2) is 42.5 Å². The van der Waals surface area contributed by atoms with Gasteiger partial charge in [-0.3, -0.25) is 4.79 Å². The Morgan fingerprint density at radius 1 is 1.12 bits per heavy atom. The number of hydrogen-bond donors (Lipinski definition) is 0. The molecule has 1 amide bonds. The number of carbonyl (C=O) groups is 1. The van der Waals surface area contributed by atoms with E-state index in [4.69, 9.17) is 4.74 Å². The van der Waals surface area contributed by atoms with E-state index in [1.54, 1.807) is 7.11 Å². The van der Waals surface area contributed by atoms with Crippen molar-refractivity contribution in [3.8, 4) is 5.88 Å². The van der Waals surface area contributed by atoms with Crippen molar-refractivity contribution in [1.29, 1.82) is 0 Å². The van der Waals surface area contributed by atoms with Crippen LogP contribution in [0.1, 0.15) is 24.0 Å². The smallest absolute Gasteiger partial charge is 0.227 e. The van der Waals surface area contributed by atoms with Crippen molar-refractivity contribution >= 4 is 11.7 Å². The molecule has 0 radical (unpaired) electrons. The van der Waals surface area contributed by atoms with Gasteiger partial charge in [-0.05, 0) is 36.5 Å². The minimum Gasteiger partial charge on any atom is -0.481 e. The molecule has 136 valence electrons. The molecule has 1 fully saturated rings. The number of benzene rings is 1. The first-order valence-electron chi connectivity index (χ1n) is 9.36. The first kappa shape index (κ1) is 16.9. The highest BCUT2D eigenvalue weighted by molar-refractivity contribution is 5.80. The summed E-state index contributed by atoms with van der Waals surface area (Å²) in [5.74, 6) is 1.84. The highest BCUT2D eigenvalue weighted by Crippen LogP contribution is 2.27. The molecular formula is C21H25N3O2. The maximum Gasteiger partial charge on any atom is 0.227 e. The second kappa shape index (κ2) is 7.36. The van der Waals surface area contributed by atoms with Gasteiger partial charge in [0.15, 0.2) is 0 Å². The van der Waals surface area contributed by atoms with Crippen LogP contribution in [0.25, 0.3) is 0 Å². The van der Waals surface area contributed by atoms with Crippen molar-refractivity contribution in [1.82, 2.24) is 9.88 Å². The van der Waals surface area contributed by atoms with E-state index in [1.807, 2.05) is 23.1 Å². The summed E-state index contributed by atoms with van der Waals surface area (Å²) in [6, 6.07) is 14.2. The van der Waals surface area contributed by atoms with Crippen LogP contribution in [0.5, 0.6) is 5.88 Å². The fourth-order valence-corrected chi connectivity index (χ4v) is 4.02. The van der Waals surface area contributed by atoms with E-state index in [9.17, 15) is 4.79 Å². The molecule has 0 bridgehead atoms. The number of piperidine rings is 1. The topological polar surface area (TPSA) is 45.7 Å². The Hall–Kier alpha value is -2.56. The quantitative estimate of drug-likeness (QED) is 0.853. The summed E-state index contributed by atoms with van der Waals surface area (Å²) < 4.78 is 5.24. The van der Waals surface area contributed by atoms with E-state index in [1.165, 1.54) is 11.1 Å². The number of aromatic nitrogens is 1. The zero-order valence-electron chi connectivity index (χ0n) is 15.2. The molecule has 4 rings (SSSR count). The van der Waals surface area contributed by atoms with E-state index < -0.39 is 0 Å². The van der Waals surface area contributed by atoms with Crippen molar-refractivity contribution in [3.05, 3.63) is 53.6 Å². The lowest BCUT2D eigenvalue weighted by atomic mass is 9.94. The van der Waals surface area contributed by atoms with Gasteiger partial charge in [-0.1, -0.05) is 30.3 Å². The summed E-state index contributed by atoms with van der Waals surface area (Å²) in [6.07, 6.45) is 2.92. The maximum absolute atomic E-state index is 13.1. The van der Waals surface area contributed by atoms with E-state index in [0.717, 1.165) is 51.3 Å². The van der Waals surface area contributed by atoms with Gasteiger partial charge in [0, 0.05) is 32.2 Å². The fourth-order valence-electron chi connectivity index (χ4n) is 4.02. The molecule has 5 heteroatoms. The van der Waals surface area contributed by atoms with Gasteiger partial charge in [0.1, 0.15) is 5.82 Å². The van der Waals surface area contributed by atoms with Crippen LogP contribution in [-0.4, -0.2) is 42.5 Å². The average Bonchev–Trinajstić information content (AvgIpc) is 2.73. The SMILES string of the molecule is COc1cccc(N2CCCC(C(=O)N3CCc4ccccc4C3)C2)n1. The molecule has 1 saturated heterocycles. The predicted molar refractivity (Wildman–Crippen MR) is 101 cm³/mol. The number of rotatable bonds is 3. The molecule has 3 heterocycles. The Labute approximate surface area is 154 Å². The summed E-state index contributed by atoms with van der Waals surface area (Å²) in [4.78, 5) is 21.9. The molecule has 0 N–H and O–H groups in total. The monoisotopic (exact) mass is 351 g/mol. The summed E-state index contributed by atoms with van der Waals surface area (Å²) in [5, 5.41) is 0. The van der Waals surface area contributed by atoms with Gasteiger partial charge in [0.25, 0.3) is 0 Å². The van der Waals surface area contributed by atoms with Crippen molar-refractivity contribution in [2.45, 2.75) is 25.8 Å². The summed E-state index contributed by atoms with van der Waals surface area (Å²) in [6.45, 7) is 3.23. The second-order valence-electron chi connectivity index (χ2n) is 7.10. The largest absolute Gasteiger partial charge is 0.481 e. The molecule has 2 aromatic rings. The third-order valence-corrected chi connectivity index (χ3v) is 5.45. The molecule has 1 atom stereocenters. The fraction of sp³-hybridized carbons (Fsp3) is 0.429. The van der Waals surface area contributed by atoms with Crippen molar-refractivity contribution in [3.63, 3.8) is 0 Å². The van der Waals surface area contributed by atoms with Crippen LogP contribution < -0.4 is 9.64 Å². The third-order valence-electron chi connectivity index (χ3n) is 5.45. The highest BCUT2D eigenvalue weighted by Gasteiger charge is 2.31. The van der Waals surface area contributed by atoms with Crippen molar-refractivity contribution < 1.29 is 9.53 Å². The predicted octanol–water partition coefficient (Wildman–Crippen LogP) is 2.89. The Kier molecular flexibility index (Phi) is 4.78. The van der Waals surface area contributed by atoms with Crippen LogP contribution >= 0.6 is 0 Å². The molecule has 1 aromatic carbocycles. The van der Waals surface area contributed by atoms with Gasteiger partial charge in [-0.25, -0.2) is 0 Å². The molecule has 2 aliphatic rings. The van der Waals surface area contributed by atoms with Crippen LogP contribution in [0.4, 0.5) is 5.82 Å². The molecule has 0 saturated carbocycles. The Balaban J connectivity index is 1.45. The van der Waals surface area contributed by atoms with Gasteiger partial charge in [-0.15, -0.1) is 0 Å². The average molecular weight is 351 g/mol. The lowest BCUT2D eigenvalue weighted by Gasteiger charge is -2.37. The maximum atomic E-state index is 13.1. The number of nitrogens with zero attached hydrogens (tertiary/aromatic N) is 3. The second-order valence-corrected chi connectivity index (χ2v) is 7.10. The number of amides is 1. The van der Waals surface area contributed by atoms with E-state index in [0.29, 0.717) is 5.88 Å². The minimum absolute atomic E-state index is 0.0435. The molecular weight excluding hydrogens is 326 g/mol. The van der Waals surface area contributed by atoms with Crippen molar-refractivity contribution in [2.24, 2.45) is 5.92 Å². The number of ether oxygens (including phenoxy) is 1. The standard InChI is InChI=1S/C21H25N3O2/c1-26-20-10-4-9-19(22-20)23-12-5-8-18(15-23)21(25)24-13-11-16-6-2-3-7-17(16)14-24/h2-4,6-7,9-10,18H,5,8,11-15H2,1H3. The van der Waals surface area contributed by atoms with Crippen LogP contribution in [0, 0.1) is 5.92 Å². The van der Waals surface area contributed by atoms with E-state index in [2.05, 4.69) is 34.1 Å². The number of anilines is 1. The van der Waals surface area contributed by atoms with Crippen LogP contribution in [-0.2, 0) is 17.8 Å². The van der Waals surface area contributed by atoms with Gasteiger partial charge in [0.05, 0.1) is 13.0 Å². The molecule has 26 heavy (non-hydrogen) atoms. The summed E-state index contributed by atoms with van der Waals surface area (Å²) in [7, 11) is 1.63. The third kappa shape index (κ3) is 3.39. The van der Waals surface area contributed by atoms with Gasteiger partial charge < -0.3 is 14.5 Å². The Morgan fingerprint density at radius 2 is 1.96 bits per heavy atom. The van der Waals surface area contributed by atoms with Gasteiger partial charge in [-0.2, -0.15) is 4.98 Å². The number of hydrogen-bond acceptors (Lipinski definition) is 4. The Bertz CT molecular complexity index is 792. The lowest BCUT2D eigenvalue weighted by Crippen LogP contribution is -2.46. The summed E-state index contributed by atoms with van der Waals surface area (Å²) >= 11 is 0. The molecule has 5 nitrogen and oxygen atoms in total. The Morgan fingerprint density at radius 3 is 2.81 bits per heavy atom. The number of carbonyl (C=O) groups excluding carboxylic acids is 1. The normalized spacial score (nSPS) is 19.8. The first-order valence-corrected chi connectivity index (χ1v) is 9.36. The van der Waals surface area contributed by atoms with Crippen molar-refractivity contribution in [2.75, 3.05) is 31.6 Å². The minimum atomic E-state index is 0.0435. The van der Waals surface area contributed by atoms with E-state index in [-0.39, 0.29) is 11.8 Å². The molecule has 1 unspecified atom stereocenters. The number of pyridine rings is 1. The summed E-state index contributed by atoms with van der Waals surface area (Å²) in [5.41, 5.74) is 2.66. The highest BCUT2D eigenvalue weighted by atomic mass is 16.5. The molecule has 1 aromatic heterocycles. The zero-order chi connectivity index (χ0) is 17.9. The lowest BCUT2D eigenvalue weighted by molar-refractivity contribution is -0.136. The molecule has 2 aliphatic heterocycles. The van der Waals surface area contributed by atoms with Gasteiger partial charge in [0.2, 0.25) is 11.8 Å². The number of methoxy groups -OCH3 is 1.